The first-order valence-electron chi connectivity index (χ1n) is 8.39. The highest BCUT2D eigenvalue weighted by Gasteiger charge is 2.33. The molecule has 1 saturated heterocycles. The van der Waals surface area contributed by atoms with E-state index in [1.807, 2.05) is 6.92 Å². The molecule has 11 heteroatoms. The van der Waals surface area contributed by atoms with Crippen LogP contribution in [0.2, 0.25) is 10.0 Å². The normalized spacial score (nSPS) is 16.4. The van der Waals surface area contributed by atoms with Crippen molar-refractivity contribution in [2.45, 2.75) is 31.1 Å². The predicted octanol–water partition coefficient (Wildman–Crippen LogP) is 3.45. The molecule has 2 aromatic rings. The van der Waals surface area contributed by atoms with Crippen LogP contribution in [0.1, 0.15) is 24.8 Å². The zero-order chi connectivity index (χ0) is 19.6. The smallest absolute Gasteiger partial charge is 0.244 e. The molecule has 7 nitrogen and oxygen atoms in total. The lowest BCUT2D eigenvalue weighted by Crippen LogP contribution is -2.41. The summed E-state index contributed by atoms with van der Waals surface area (Å²) in [7, 11) is -3.76. The van der Waals surface area contributed by atoms with Crippen LogP contribution in [-0.4, -0.2) is 41.9 Å². The summed E-state index contributed by atoms with van der Waals surface area (Å²) >= 11 is 13.3. The summed E-state index contributed by atoms with van der Waals surface area (Å²) in [6, 6.07) is 4.35. The Bertz CT molecular complexity index is 941. The van der Waals surface area contributed by atoms with Gasteiger partial charge in [0.15, 0.2) is 0 Å². The van der Waals surface area contributed by atoms with Gasteiger partial charge in [0, 0.05) is 24.0 Å². The van der Waals surface area contributed by atoms with Crippen molar-refractivity contribution in [3.05, 3.63) is 33.3 Å². The van der Waals surface area contributed by atoms with E-state index in [4.69, 9.17) is 23.2 Å². The molecule has 3 rings (SSSR count). The van der Waals surface area contributed by atoms with Gasteiger partial charge in [-0.05, 0) is 37.5 Å². The van der Waals surface area contributed by atoms with Gasteiger partial charge in [0.05, 0.1) is 5.02 Å². The van der Waals surface area contributed by atoms with Crippen molar-refractivity contribution >= 4 is 55.6 Å². The van der Waals surface area contributed by atoms with Crippen LogP contribution in [0.4, 0.5) is 5.13 Å². The van der Waals surface area contributed by atoms with Crippen LogP contribution < -0.4 is 5.32 Å². The number of carbonyl (C=O) groups excluding carboxylic acids is 1. The van der Waals surface area contributed by atoms with Crippen molar-refractivity contribution in [3.63, 3.8) is 0 Å². The Kier molecular flexibility index (Phi) is 6.37. The Hall–Kier alpha value is -1.26. The molecule has 1 aromatic heterocycles. The van der Waals surface area contributed by atoms with Crippen molar-refractivity contribution in [1.82, 2.24) is 14.5 Å². The molecular formula is C16H18Cl2N4O3S2. The average Bonchev–Trinajstić information content (AvgIpc) is 3.11. The quantitative estimate of drug-likeness (QED) is 0.755. The number of carbonyl (C=O) groups is 1. The molecule has 1 aliphatic heterocycles. The molecule has 0 spiro atoms. The molecule has 1 aromatic carbocycles. The summed E-state index contributed by atoms with van der Waals surface area (Å²) in [6.07, 6.45) is 1.60. The molecule has 27 heavy (non-hydrogen) atoms. The van der Waals surface area contributed by atoms with Gasteiger partial charge >= 0.3 is 0 Å². The number of sulfonamides is 1. The maximum Gasteiger partial charge on any atom is 0.244 e. The molecule has 1 fully saturated rings. The van der Waals surface area contributed by atoms with Gasteiger partial charge in [0.2, 0.25) is 21.1 Å². The molecule has 0 bridgehead atoms. The lowest BCUT2D eigenvalue weighted by atomic mass is 9.97. The van der Waals surface area contributed by atoms with Crippen LogP contribution in [0.5, 0.6) is 0 Å². The highest BCUT2D eigenvalue weighted by Crippen LogP contribution is 2.30. The second-order valence-corrected chi connectivity index (χ2v) is 9.91. The molecule has 1 amide bonds. The number of piperidine rings is 1. The number of hydrogen-bond acceptors (Lipinski definition) is 6. The summed E-state index contributed by atoms with van der Waals surface area (Å²) in [5.41, 5.74) is 0. The van der Waals surface area contributed by atoms with Crippen LogP contribution in [0.25, 0.3) is 0 Å². The van der Waals surface area contributed by atoms with Crippen molar-refractivity contribution in [2.24, 2.45) is 5.92 Å². The lowest BCUT2D eigenvalue weighted by molar-refractivity contribution is -0.120. The van der Waals surface area contributed by atoms with Gasteiger partial charge in [-0.1, -0.05) is 41.5 Å². The van der Waals surface area contributed by atoms with E-state index < -0.39 is 10.0 Å². The van der Waals surface area contributed by atoms with E-state index in [0.29, 0.717) is 23.0 Å². The number of aromatic nitrogens is 2. The zero-order valence-corrected chi connectivity index (χ0v) is 17.6. The number of benzene rings is 1. The monoisotopic (exact) mass is 448 g/mol. The molecule has 0 unspecified atom stereocenters. The second kappa shape index (κ2) is 8.40. The fraction of sp³-hybridized carbons (Fsp3) is 0.438. The van der Waals surface area contributed by atoms with E-state index in [1.165, 1.54) is 33.8 Å². The average molecular weight is 449 g/mol. The van der Waals surface area contributed by atoms with Crippen LogP contribution in [0, 0.1) is 5.92 Å². The van der Waals surface area contributed by atoms with Crippen molar-refractivity contribution in [1.29, 1.82) is 0 Å². The van der Waals surface area contributed by atoms with Crippen LogP contribution >= 0.6 is 34.5 Å². The molecule has 1 aliphatic rings. The van der Waals surface area contributed by atoms with Gasteiger partial charge in [-0.3, -0.25) is 4.79 Å². The Morgan fingerprint density at radius 1 is 1.30 bits per heavy atom. The Morgan fingerprint density at radius 3 is 2.63 bits per heavy atom. The number of nitrogens with zero attached hydrogens (tertiary/aromatic N) is 3. The number of rotatable bonds is 5. The second-order valence-electron chi connectivity index (χ2n) is 6.10. The largest absolute Gasteiger partial charge is 0.300 e. The SMILES string of the molecule is CCc1nnc(NC(=O)C2CCN(S(=O)(=O)c3cc(Cl)ccc3Cl)CC2)s1. The Balaban J connectivity index is 1.64. The molecule has 0 aliphatic carbocycles. The first-order chi connectivity index (χ1) is 12.8. The maximum atomic E-state index is 12.8. The molecular weight excluding hydrogens is 431 g/mol. The van der Waals surface area contributed by atoms with Crippen molar-refractivity contribution < 1.29 is 13.2 Å². The number of hydrogen-bond donors (Lipinski definition) is 1. The fourth-order valence-electron chi connectivity index (χ4n) is 2.83. The van der Waals surface area contributed by atoms with E-state index in [1.54, 1.807) is 0 Å². The summed E-state index contributed by atoms with van der Waals surface area (Å²) in [6.45, 7) is 2.44. The topological polar surface area (TPSA) is 92.3 Å². The van der Waals surface area contributed by atoms with Gasteiger partial charge < -0.3 is 5.32 Å². The van der Waals surface area contributed by atoms with Crippen molar-refractivity contribution in [2.75, 3.05) is 18.4 Å². The first-order valence-corrected chi connectivity index (χ1v) is 11.4. The third-order valence-electron chi connectivity index (χ3n) is 4.34. The van der Waals surface area contributed by atoms with Crippen molar-refractivity contribution in [3.8, 4) is 0 Å². The molecule has 0 saturated carbocycles. The van der Waals surface area contributed by atoms with E-state index in [9.17, 15) is 13.2 Å². The molecule has 2 heterocycles. The number of aryl methyl sites for hydroxylation is 1. The van der Waals surface area contributed by atoms with E-state index in [0.717, 1.165) is 11.4 Å². The van der Waals surface area contributed by atoms with Gasteiger partial charge in [-0.15, -0.1) is 10.2 Å². The highest BCUT2D eigenvalue weighted by atomic mass is 35.5. The van der Waals surface area contributed by atoms with Crippen LogP contribution in [0.15, 0.2) is 23.1 Å². The highest BCUT2D eigenvalue weighted by molar-refractivity contribution is 7.89. The number of halogens is 2. The minimum absolute atomic E-state index is 0.0134. The van der Waals surface area contributed by atoms with Gasteiger partial charge in [0.1, 0.15) is 9.90 Å². The summed E-state index contributed by atoms with van der Waals surface area (Å²) < 4.78 is 27.0. The summed E-state index contributed by atoms with van der Waals surface area (Å²) in [5, 5.41) is 12.4. The van der Waals surface area contributed by atoms with E-state index in [-0.39, 0.29) is 34.8 Å². The van der Waals surface area contributed by atoms with Crippen LogP contribution in [0.3, 0.4) is 0 Å². The van der Waals surface area contributed by atoms with Crippen LogP contribution in [-0.2, 0) is 21.2 Å². The third-order valence-corrected chi connectivity index (χ3v) is 7.93. The number of amides is 1. The zero-order valence-electron chi connectivity index (χ0n) is 14.5. The standard InChI is InChI=1S/C16H18Cl2N4O3S2/c1-2-14-20-21-16(26-14)19-15(23)10-5-7-22(8-6-10)27(24,25)13-9-11(17)3-4-12(13)18/h3-4,9-10H,2,5-8H2,1H3,(H,19,21,23). The van der Waals surface area contributed by atoms with E-state index >= 15 is 0 Å². The van der Waals surface area contributed by atoms with Gasteiger partial charge in [0.25, 0.3) is 0 Å². The maximum absolute atomic E-state index is 12.8. The minimum atomic E-state index is -3.76. The Morgan fingerprint density at radius 2 is 2.00 bits per heavy atom. The summed E-state index contributed by atoms with van der Waals surface area (Å²) in [5.74, 6) is -0.438. The molecule has 146 valence electrons. The lowest BCUT2D eigenvalue weighted by Gasteiger charge is -2.30. The predicted molar refractivity (Wildman–Crippen MR) is 106 cm³/mol. The molecule has 0 radical (unpaired) electrons. The number of nitrogens with one attached hydrogen (secondary N) is 1. The van der Waals surface area contributed by atoms with Gasteiger partial charge in [-0.25, -0.2) is 8.42 Å². The minimum Gasteiger partial charge on any atom is -0.300 e. The fourth-order valence-corrected chi connectivity index (χ4v) is 5.72. The Labute approximate surface area is 171 Å². The first kappa shape index (κ1) is 20.5. The third kappa shape index (κ3) is 4.60. The number of anilines is 1. The molecule has 1 N–H and O–H groups in total. The summed E-state index contributed by atoms with van der Waals surface area (Å²) in [4.78, 5) is 12.4. The van der Waals surface area contributed by atoms with E-state index in [2.05, 4.69) is 15.5 Å². The van der Waals surface area contributed by atoms with Gasteiger partial charge in [-0.2, -0.15) is 4.31 Å². The molecule has 0 atom stereocenters.